The predicted molar refractivity (Wildman–Crippen MR) is 121 cm³/mol. The zero-order valence-corrected chi connectivity index (χ0v) is 18.1. The van der Waals surface area contributed by atoms with Gasteiger partial charge in [-0.05, 0) is 49.3 Å². The SMILES string of the molecule is O=C(C1CCC(Cn2nnc3ccccc3c2=O)CC1)N1CCOC(c2ccccc2)C1. The van der Waals surface area contributed by atoms with E-state index in [4.69, 9.17) is 4.74 Å². The summed E-state index contributed by atoms with van der Waals surface area (Å²) in [6.07, 6.45) is 3.50. The quantitative estimate of drug-likeness (QED) is 0.633. The first-order valence-corrected chi connectivity index (χ1v) is 11.5. The number of carbonyl (C=O) groups excluding carboxylic acids is 1. The van der Waals surface area contributed by atoms with Crippen molar-refractivity contribution in [3.63, 3.8) is 0 Å². The molecule has 1 aromatic heterocycles. The van der Waals surface area contributed by atoms with Gasteiger partial charge in [-0.2, -0.15) is 0 Å². The lowest BCUT2D eigenvalue weighted by Gasteiger charge is -2.37. The number of morpholine rings is 1. The van der Waals surface area contributed by atoms with Crippen LogP contribution in [0.2, 0.25) is 0 Å². The summed E-state index contributed by atoms with van der Waals surface area (Å²) in [6.45, 7) is 2.41. The van der Waals surface area contributed by atoms with E-state index in [9.17, 15) is 9.59 Å². The van der Waals surface area contributed by atoms with E-state index < -0.39 is 0 Å². The molecule has 1 saturated carbocycles. The topological polar surface area (TPSA) is 77.3 Å². The summed E-state index contributed by atoms with van der Waals surface area (Å²) in [5.74, 6) is 0.643. The minimum atomic E-state index is -0.0888. The highest BCUT2D eigenvalue weighted by Gasteiger charge is 2.33. The zero-order chi connectivity index (χ0) is 21.9. The number of fused-ring (bicyclic) bond motifs is 1. The van der Waals surface area contributed by atoms with Crippen LogP contribution in [0, 0.1) is 11.8 Å². The number of nitrogens with zero attached hydrogens (tertiary/aromatic N) is 4. The number of hydrogen-bond donors (Lipinski definition) is 0. The molecule has 2 aliphatic rings. The number of amides is 1. The summed E-state index contributed by atoms with van der Waals surface area (Å²) < 4.78 is 7.41. The molecule has 1 aliphatic carbocycles. The lowest BCUT2D eigenvalue weighted by molar-refractivity contribution is -0.144. The third-order valence-electron chi connectivity index (χ3n) is 6.81. The van der Waals surface area contributed by atoms with Crippen LogP contribution in [0.1, 0.15) is 37.4 Å². The van der Waals surface area contributed by atoms with Crippen LogP contribution in [0.15, 0.2) is 59.4 Å². The predicted octanol–water partition coefficient (Wildman–Crippen LogP) is 3.20. The first-order chi connectivity index (χ1) is 15.7. The van der Waals surface area contributed by atoms with E-state index in [0.717, 1.165) is 31.2 Å². The van der Waals surface area contributed by atoms with Crippen LogP contribution in [0.25, 0.3) is 10.9 Å². The molecule has 32 heavy (non-hydrogen) atoms. The smallest absolute Gasteiger partial charge is 0.277 e. The van der Waals surface area contributed by atoms with E-state index in [-0.39, 0.29) is 23.5 Å². The Kier molecular flexibility index (Phi) is 5.99. The van der Waals surface area contributed by atoms with Gasteiger partial charge in [-0.15, -0.1) is 5.10 Å². The third-order valence-corrected chi connectivity index (χ3v) is 6.81. The summed E-state index contributed by atoms with van der Waals surface area (Å²) in [4.78, 5) is 27.9. The maximum Gasteiger partial charge on any atom is 0.277 e. The molecule has 1 amide bonds. The first kappa shape index (κ1) is 20.8. The van der Waals surface area contributed by atoms with Gasteiger partial charge < -0.3 is 9.64 Å². The third kappa shape index (κ3) is 4.30. The van der Waals surface area contributed by atoms with Gasteiger partial charge >= 0.3 is 0 Å². The van der Waals surface area contributed by atoms with Gasteiger partial charge in [-0.1, -0.05) is 47.7 Å². The van der Waals surface area contributed by atoms with Crippen molar-refractivity contribution in [3.05, 3.63) is 70.5 Å². The van der Waals surface area contributed by atoms with E-state index in [0.29, 0.717) is 43.1 Å². The maximum absolute atomic E-state index is 13.2. The Balaban J connectivity index is 1.18. The van der Waals surface area contributed by atoms with Crippen molar-refractivity contribution in [3.8, 4) is 0 Å². The lowest BCUT2D eigenvalue weighted by atomic mass is 9.81. The van der Waals surface area contributed by atoms with E-state index >= 15 is 0 Å². The summed E-state index contributed by atoms with van der Waals surface area (Å²) in [5, 5.41) is 8.92. The second-order valence-electron chi connectivity index (χ2n) is 8.87. The first-order valence-electron chi connectivity index (χ1n) is 11.5. The largest absolute Gasteiger partial charge is 0.370 e. The highest BCUT2D eigenvalue weighted by Crippen LogP contribution is 2.32. The van der Waals surface area contributed by atoms with E-state index in [1.165, 1.54) is 4.68 Å². The fourth-order valence-electron chi connectivity index (χ4n) is 4.96. The van der Waals surface area contributed by atoms with Gasteiger partial charge in [0.2, 0.25) is 5.91 Å². The molecule has 7 nitrogen and oxygen atoms in total. The van der Waals surface area contributed by atoms with Crippen molar-refractivity contribution in [2.45, 2.75) is 38.3 Å². The minimum Gasteiger partial charge on any atom is -0.370 e. The second kappa shape index (κ2) is 9.20. The average molecular weight is 433 g/mol. The van der Waals surface area contributed by atoms with Crippen molar-refractivity contribution in [2.24, 2.45) is 11.8 Å². The zero-order valence-electron chi connectivity index (χ0n) is 18.1. The molecule has 1 saturated heterocycles. The molecule has 1 unspecified atom stereocenters. The Morgan fingerprint density at radius 2 is 1.75 bits per heavy atom. The fourth-order valence-corrected chi connectivity index (χ4v) is 4.96. The van der Waals surface area contributed by atoms with E-state index in [1.54, 1.807) is 12.1 Å². The van der Waals surface area contributed by atoms with Crippen LogP contribution >= 0.6 is 0 Å². The van der Waals surface area contributed by atoms with Gasteiger partial charge in [0.25, 0.3) is 5.56 Å². The van der Waals surface area contributed by atoms with Gasteiger partial charge in [0.15, 0.2) is 0 Å². The van der Waals surface area contributed by atoms with Crippen molar-refractivity contribution < 1.29 is 9.53 Å². The van der Waals surface area contributed by atoms with Gasteiger partial charge in [0.05, 0.1) is 18.5 Å². The highest BCUT2D eigenvalue weighted by molar-refractivity contribution is 5.79. The van der Waals surface area contributed by atoms with Crippen LogP contribution in [-0.4, -0.2) is 45.5 Å². The number of benzene rings is 2. The Hall–Kier alpha value is -3.06. The molecule has 0 spiro atoms. The van der Waals surface area contributed by atoms with Crippen LogP contribution in [0.5, 0.6) is 0 Å². The van der Waals surface area contributed by atoms with E-state index in [2.05, 4.69) is 22.4 Å². The van der Waals surface area contributed by atoms with Gasteiger partial charge in [0, 0.05) is 19.0 Å². The molecule has 166 valence electrons. The van der Waals surface area contributed by atoms with E-state index in [1.807, 2.05) is 35.2 Å². The molecule has 2 heterocycles. The Morgan fingerprint density at radius 1 is 1.00 bits per heavy atom. The number of rotatable bonds is 4. The average Bonchev–Trinajstić information content (AvgIpc) is 2.86. The van der Waals surface area contributed by atoms with Crippen LogP contribution in [0.3, 0.4) is 0 Å². The van der Waals surface area contributed by atoms with Crippen molar-refractivity contribution in [1.29, 1.82) is 0 Å². The second-order valence-corrected chi connectivity index (χ2v) is 8.87. The molecule has 0 N–H and O–H groups in total. The highest BCUT2D eigenvalue weighted by atomic mass is 16.5. The molecular formula is C25H28N4O3. The molecule has 2 fully saturated rings. The normalized spacial score (nSPS) is 23.9. The molecule has 3 aromatic rings. The summed E-state index contributed by atoms with van der Waals surface area (Å²) in [7, 11) is 0. The lowest BCUT2D eigenvalue weighted by Crippen LogP contribution is -2.45. The maximum atomic E-state index is 13.2. The fraction of sp³-hybridized carbons (Fsp3) is 0.440. The molecule has 2 aromatic carbocycles. The van der Waals surface area contributed by atoms with Gasteiger partial charge in [-0.25, -0.2) is 4.68 Å². The minimum absolute atomic E-state index is 0.0522. The monoisotopic (exact) mass is 432 g/mol. The van der Waals surface area contributed by atoms with Crippen molar-refractivity contribution in [2.75, 3.05) is 19.7 Å². The molecule has 1 atom stereocenters. The summed E-state index contributed by atoms with van der Waals surface area (Å²) >= 11 is 0. The number of hydrogen-bond acceptors (Lipinski definition) is 5. The molecule has 0 radical (unpaired) electrons. The van der Waals surface area contributed by atoms with Crippen molar-refractivity contribution >= 4 is 16.8 Å². The standard InChI is InChI=1S/C25H28N4O3/c30-24(28-14-15-32-23(17-28)19-6-2-1-3-7-19)20-12-10-18(11-13-20)16-29-25(31)21-8-4-5-9-22(21)26-27-29/h1-9,18,20,23H,10-17H2. The van der Waals surface area contributed by atoms with Crippen LogP contribution in [-0.2, 0) is 16.1 Å². The summed E-state index contributed by atoms with van der Waals surface area (Å²) in [6, 6.07) is 17.4. The molecule has 0 bridgehead atoms. The Labute approximate surface area is 187 Å². The number of carbonyl (C=O) groups is 1. The number of ether oxygens (including phenoxy) is 1. The van der Waals surface area contributed by atoms with Gasteiger partial charge in [0.1, 0.15) is 11.6 Å². The molecule has 1 aliphatic heterocycles. The molecule has 7 heteroatoms. The molecule has 5 rings (SSSR count). The van der Waals surface area contributed by atoms with Gasteiger partial charge in [-0.3, -0.25) is 9.59 Å². The summed E-state index contributed by atoms with van der Waals surface area (Å²) in [5.41, 5.74) is 1.66. The molecular weight excluding hydrogens is 404 g/mol. The van der Waals surface area contributed by atoms with Crippen molar-refractivity contribution in [1.82, 2.24) is 19.9 Å². The Morgan fingerprint density at radius 3 is 2.56 bits per heavy atom. The number of aromatic nitrogens is 3. The Bertz CT molecular complexity index is 1140. The van der Waals surface area contributed by atoms with Crippen LogP contribution < -0.4 is 5.56 Å². The van der Waals surface area contributed by atoms with Crippen LogP contribution in [0.4, 0.5) is 0 Å².